The van der Waals surface area contributed by atoms with Crippen LogP contribution in [0.4, 0.5) is 0 Å². The van der Waals surface area contributed by atoms with Gasteiger partial charge in [-0.15, -0.1) is 11.3 Å². The van der Waals surface area contributed by atoms with E-state index < -0.39 is 16.0 Å². The molecule has 0 atom stereocenters. The summed E-state index contributed by atoms with van der Waals surface area (Å²) >= 11 is 0.969. The van der Waals surface area contributed by atoms with Gasteiger partial charge < -0.3 is 5.11 Å². The molecular weight excluding hydrogens is 312 g/mol. The van der Waals surface area contributed by atoms with Gasteiger partial charge in [0.25, 0.3) is 0 Å². The summed E-state index contributed by atoms with van der Waals surface area (Å²) < 4.78 is 26.7. The summed E-state index contributed by atoms with van der Waals surface area (Å²) in [5.41, 5.74) is 1.23. The van der Waals surface area contributed by atoms with Gasteiger partial charge in [0.2, 0.25) is 10.0 Å². The maximum absolute atomic E-state index is 12.1. The zero-order valence-corrected chi connectivity index (χ0v) is 13.1. The molecule has 2 N–H and O–H groups in total. The smallest absolute Gasteiger partial charge is 0.347 e. The van der Waals surface area contributed by atoms with Gasteiger partial charge in [0.15, 0.2) is 0 Å². The molecule has 0 fully saturated rings. The van der Waals surface area contributed by atoms with Crippen LogP contribution in [0.5, 0.6) is 0 Å². The molecule has 1 aromatic carbocycles. The average molecular weight is 326 g/mol. The third-order valence-corrected chi connectivity index (χ3v) is 5.29. The molecule has 6 nitrogen and oxygen atoms in total. The second-order valence-corrected chi connectivity index (χ2v) is 7.32. The molecule has 1 aromatic heterocycles. The number of benzene rings is 1. The first kappa shape index (κ1) is 15.6. The minimum Gasteiger partial charge on any atom is -0.477 e. The summed E-state index contributed by atoms with van der Waals surface area (Å²) in [6.07, 6.45) is 0. The van der Waals surface area contributed by atoms with Gasteiger partial charge in [-0.25, -0.2) is 22.9 Å². The lowest BCUT2D eigenvalue weighted by molar-refractivity contribution is 0.0701. The molecule has 21 heavy (non-hydrogen) atoms. The number of aromatic nitrogens is 1. The molecule has 2 rings (SSSR count). The van der Waals surface area contributed by atoms with Crippen molar-refractivity contribution < 1.29 is 18.3 Å². The number of carboxylic acids is 1. The van der Waals surface area contributed by atoms with E-state index in [1.165, 1.54) is 6.07 Å². The standard InChI is InChI=1S/C13H14N2O4S2/c1-8-4-3-5-10(6-8)21(18,19)14-7-11-15-9(2)12(20-11)13(16)17/h3-6,14H,7H2,1-2H3,(H,16,17). The van der Waals surface area contributed by atoms with Crippen LogP contribution < -0.4 is 4.72 Å². The van der Waals surface area contributed by atoms with Crippen molar-refractivity contribution in [3.05, 3.63) is 45.4 Å². The lowest BCUT2D eigenvalue weighted by Gasteiger charge is -2.05. The number of nitrogens with zero attached hydrogens (tertiary/aromatic N) is 1. The number of aromatic carboxylic acids is 1. The number of hydrogen-bond acceptors (Lipinski definition) is 5. The molecule has 0 bridgehead atoms. The molecule has 1 heterocycles. The van der Waals surface area contributed by atoms with Crippen molar-refractivity contribution in [1.82, 2.24) is 9.71 Å². The van der Waals surface area contributed by atoms with Crippen LogP contribution >= 0.6 is 11.3 Å². The third-order valence-electron chi connectivity index (χ3n) is 2.75. The van der Waals surface area contributed by atoms with Gasteiger partial charge in [-0.3, -0.25) is 0 Å². The Morgan fingerprint density at radius 2 is 2.10 bits per heavy atom. The molecule has 0 radical (unpaired) electrons. The summed E-state index contributed by atoms with van der Waals surface area (Å²) in [7, 11) is -3.64. The van der Waals surface area contributed by atoms with E-state index in [0.717, 1.165) is 16.9 Å². The van der Waals surface area contributed by atoms with E-state index in [2.05, 4.69) is 9.71 Å². The Morgan fingerprint density at radius 1 is 1.38 bits per heavy atom. The quantitative estimate of drug-likeness (QED) is 0.875. The fourth-order valence-corrected chi connectivity index (χ4v) is 3.78. The zero-order valence-electron chi connectivity index (χ0n) is 11.5. The van der Waals surface area contributed by atoms with Gasteiger partial charge in [-0.2, -0.15) is 0 Å². The largest absolute Gasteiger partial charge is 0.477 e. The van der Waals surface area contributed by atoms with E-state index in [0.29, 0.717) is 10.7 Å². The van der Waals surface area contributed by atoms with E-state index in [1.54, 1.807) is 19.1 Å². The van der Waals surface area contributed by atoms with E-state index in [4.69, 9.17) is 5.11 Å². The monoisotopic (exact) mass is 326 g/mol. The molecule has 8 heteroatoms. The highest BCUT2D eigenvalue weighted by atomic mass is 32.2. The highest BCUT2D eigenvalue weighted by Gasteiger charge is 2.17. The molecule has 112 valence electrons. The van der Waals surface area contributed by atoms with Gasteiger partial charge in [-0.05, 0) is 31.5 Å². The minimum absolute atomic E-state index is 0.0327. The van der Waals surface area contributed by atoms with Crippen molar-refractivity contribution >= 4 is 27.3 Å². The molecule has 0 aliphatic carbocycles. The Balaban J connectivity index is 2.15. The van der Waals surface area contributed by atoms with Gasteiger partial charge >= 0.3 is 5.97 Å². The van der Waals surface area contributed by atoms with Crippen LogP contribution in [0, 0.1) is 13.8 Å². The van der Waals surface area contributed by atoms with Gasteiger partial charge in [0.1, 0.15) is 9.88 Å². The van der Waals surface area contributed by atoms with Crippen LogP contribution in [0.25, 0.3) is 0 Å². The number of carbonyl (C=O) groups is 1. The molecule has 2 aromatic rings. The van der Waals surface area contributed by atoms with Crippen LogP contribution in [0.1, 0.15) is 25.9 Å². The van der Waals surface area contributed by atoms with E-state index in [9.17, 15) is 13.2 Å². The number of nitrogens with one attached hydrogen (secondary N) is 1. The van der Waals surface area contributed by atoms with Gasteiger partial charge in [0.05, 0.1) is 17.1 Å². The molecule has 0 saturated carbocycles. The molecule has 0 amide bonds. The van der Waals surface area contributed by atoms with Crippen molar-refractivity contribution in [1.29, 1.82) is 0 Å². The molecule has 0 unspecified atom stereocenters. The van der Waals surface area contributed by atoms with E-state index >= 15 is 0 Å². The van der Waals surface area contributed by atoms with E-state index in [-0.39, 0.29) is 16.3 Å². The predicted octanol–water partition coefficient (Wildman–Crippen LogP) is 1.94. The predicted molar refractivity (Wildman–Crippen MR) is 79.0 cm³/mol. The highest BCUT2D eigenvalue weighted by molar-refractivity contribution is 7.89. The normalized spacial score (nSPS) is 11.5. The number of rotatable bonds is 5. The topological polar surface area (TPSA) is 96.4 Å². The molecule has 0 aliphatic heterocycles. The molecule has 0 aliphatic rings. The Hall–Kier alpha value is -1.77. The van der Waals surface area contributed by atoms with Crippen LogP contribution in [0.15, 0.2) is 29.2 Å². The Bertz CT molecular complexity index is 781. The van der Waals surface area contributed by atoms with Crippen molar-refractivity contribution in [3.8, 4) is 0 Å². The summed E-state index contributed by atoms with van der Waals surface area (Å²) in [4.78, 5) is 15.3. The van der Waals surface area contributed by atoms with Crippen molar-refractivity contribution in [3.63, 3.8) is 0 Å². The Labute approximate surface area is 126 Å². The third kappa shape index (κ3) is 3.66. The Morgan fingerprint density at radius 3 is 2.67 bits per heavy atom. The molecule has 0 spiro atoms. The fraction of sp³-hybridized carbons (Fsp3) is 0.231. The first-order valence-electron chi connectivity index (χ1n) is 6.05. The zero-order chi connectivity index (χ0) is 15.6. The number of thiazole rings is 1. The second-order valence-electron chi connectivity index (χ2n) is 4.47. The van der Waals surface area contributed by atoms with Crippen molar-refractivity contribution in [2.75, 3.05) is 0 Å². The highest BCUT2D eigenvalue weighted by Crippen LogP contribution is 2.18. The SMILES string of the molecule is Cc1cccc(S(=O)(=O)NCc2nc(C)c(C(=O)O)s2)c1. The number of aryl methyl sites for hydroxylation is 2. The number of hydrogen-bond donors (Lipinski definition) is 2. The first-order chi connectivity index (χ1) is 9.79. The van der Waals surface area contributed by atoms with Gasteiger partial charge in [-0.1, -0.05) is 12.1 Å². The minimum atomic E-state index is -3.64. The first-order valence-corrected chi connectivity index (χ1v) is 8.35. The Kier molecular flexibility index (Phi) is 4.40. The van der Waals surface area contributed by atoms with E-state index in [1.807, 2.05) is 13.0 Å². The van der Waals surface area contributed by atoms with Crippen LogP contribution in [-0.4, -0.2) is 24.5 Å². The maximum atomic E-state index is 12.1. The summed E-state index contributed by atoms with van der Waals surface area (Å²) in [5.74, 6) is -1.06. The maximum Gasteiger partial charge on any atom is 0.347 e. The fourth-order valence-electron chi connectivity index (χ4n) is 1.75. The lowest BCUT2D eigenvalue weighted by Crippen LogP contribution is -2.23. The summed E-state index contributed by atoms with van der Waals surface area (Å²) in [6, 6.07) is 6.55. The summed E-state index contributed by atoms with van der Waals surface area (Å²) in [5, 5.41) is 9.37. The molecular formula is C13H14N2O4S2. The van der Waals surface area contributed by atoms with Crippen molar-refractivity contribution in [2.24, 2.45) is 0 Å². The lowest BCUT2D eigenvalue weighted by atomic mass is 10.2. The second kappa shape index (κ2) is 5.92. The van der Waals surface area contributed by atoms with Crippen LogP contribution in [0.3, 0.4) is 0 Å². The van der Waals surface area contributed by atoms with Crippen molar-refractivity contribution in [2.45, 2.75) is 25.3 Å². The number of sulfonamides is 1. The van der Waals surface area contributed by atoms with Crippen LogP contribution in [0.2, 0.25) is 0 Å². The van der Waals surface area contributed by atoms with Crippen LogP contribution in [-0.2, 0) is 16.6 Å². The average Bonchev–Trinajstić information content (AvgIpc) is 2.78. The van der Waals surface area contributed by atoms with Gasteiger partial charge in [0, 0.05) is 0 Å². The summed E-state index contributed by atoms with van der Waals surface area (Å²) in [6.45, 7) is 3.36. The molecule has 0 saturated heterocycles. The number of carboxylic acid groups (broad SMARTS) is 1.